The second kappa shape index (κ2) is 7.93. The molecule has 4 nitrogen and oxygen atoms in total. The lowest BCUT2D eigenvalue weighted by molar-refractivity contribution is 0.481. The summed E-state index contributed by atoms with van der Waals surface area (Å²) >= 11 is 0. The molecule has 2 aliphatic rings. The number of aliphatic imine (C=N–C) groups is 1. The zero-order valence-corrected chi connectivity index (χ0v) is 15.9. The highest BCUT2D eigenvalue weighted by Gasteiger charge is 2.25. The summed E-state index contributed by atoms with van der Waals surface area (Å²) < 4.78 is 19.9. The summed E-state index contributed by atoms with van der Waals surface area (Å²) in [5.41, 5.74) is 2.86. The van der Waals surface area contributed by atoms with Gasteiger partial charge in [0.1, 0.15) is 17.3 Å². The second-order valence-corrected chi connectivity index (χ2v) is 7.35. The van der Waals surface area contributed by atoms with E-state index in [1.807, 2.05) is 24.4 Å². The Balaban J connectivity index is 1.61. The highest BCUT2D eigenvalue weighted by Crippen LogP contribution is 2.34. The molecule has 0 amide bonds. The number of oxazole rings is 1. The number of nitrogens with zero attached hydrogens (tertiary/aromatic N) is 3. The van der Waals surface area contributed by atoms with Crippen LogP contribution < -0.4 is 0 Å². The van der Waals surface area contributed by atoms with E-state index in [1.165, 1.54) is 12.1 Å². The van der Waals surface area contributed by atoms with Gasteiger partial charge in [0.15, 0.2) is 0 Å². The Kier molecular flexibility index (Phi) is 5.21. The maximum atomic E-state index is 13.9. The van der Waals surface area contributed by atoms with Crippen LogP contribution in [0.3, 0.4) is 0 Å². The van der Waals surface area contributed by atoms with Gasteiger partial charge in [-0.25, -0.2) is 9.37 Å². The first kappa shape index (κ1) is 18.4. The molecule has 1 aliphatic carbocycles. The van der Waals surface area contributed by atoms with Crippen LogP contribution in [-0.4, -0.2) is 11.2 Å². The monoisotopic (exact) mass is 375 g/mol. The quantitative estimate of drug-likeness (QED) is 0.679. The van der Waals surface area contributed by atoms with Crippen molar-refractivity contribution >= 4 is 11.9 Å². The molecular weight excluding hydrogens is 353 g/mol. The first-order valence-corrected chi connectivity index (χ1v) is 9.78. The molecule has 1 aromatic carbocycles. The summed E-state index contributed by atoms with van der Waals surface area (Å²) in [6.45, 7) is 2.13. The largest absolute Gasteiger partial charge is 0.440 e. The predicted molar refractivity (Wildman–Crippen MR) is 106 cm³/mol. The van der Waals surface area contributed by atoms with Gasteiger partial charge in [0.2, 0.25) is 5.89 Å². The van der Waals surface area contributed by atoms with E-state index in [2.05, 4.69) is 18.0 Å². The molecule has 2 unspecified atom stereocenters. The van der Waals surface area contributed by atoms with E-state index in [-0.39, 0.29) is 11.7 Å². The fraction of sp³-hybridized carbons (Fsp3) is 0.348. The minimum absolute atomic E-state index is 0.123. The van der Waals surface area contributed by atoms with Crippen molar-refractivity contribution in [1.29, 1.82) is 5.26 Å². The maximum absolute atomic E-state index is 13.9. The topological polar surface area (TPSA) is 62.2 Å². The molecule has 2 aromatic rings. The van der Waals surface area contributed by atoms with Crippen molar-refractivity contribution in [2.75, 3.05) is 0 Å². The first-order valence-electron chi connectivity index (χ1n) is 9.78. The Morgan fingerprint density at radius 1 is 1.32 bits per heavy atom. The van der Waals surface area contributed by atoms with E-state index in [0.29, 0.717) is 23.8 Å². The number of halogens is 1. The Morgan fingerprint density at radius 3 is 3.04 bits per heavy atom. The molecule has 1 aliphatic heterocycles. The van der Waals surface area contributed by atoms with E-state index < -0.39 is 0 Å². The number of rotatable bonds is 3. The normalized spacial score (nSPS) is 21.4. The smallest absolute Gasteiger partial charge is 0.245 e. The number of hydrogen-bond acceptors (Lipinski definition) is 4. The van der Waals surface area contributed by atoms with Crippen molar-refractivity contribution < 1.29 is 8.81 Å². The summed E-state index contributed by atoms with van der Waals surface area (Å²) in [5.74, 6) is 1.52. The van der Waals surface area contributed by atoms with Crippen LogP contribution in [0, 0.1) is 23.1 Å². The molecule has 0 radical (unpaired) electrons. The summed E-state index contributed by atoms with van der Waals surface area (Å²) in [6.07, 6.45) is 12.3. The van der Waals surface area contributed by atoms with Crippen molar-refractivity contribution in [2.24, 2.45) is 10.9 Å². The molecule has 0 bridgehead atoms. The number of hydrogen-bond donors (Lipinski definition) is 0. The molecule has 1 aromatic heterocycles. The average molecular weight is 375 g/mol. The summed E-state index contributed by atoms with van der Waals surface area (Å²) in [4.78, 5) is 9.28. The van der Waals surface area contributed by atoms with Crippen LogP contribution in [0.5, 0.6) is 0 Å². The molecule has 0 fully saturated rings. The van der Waals surface area contributed by atoms with Gasteiger partial charge in [0.25, 0.3) is 0 Å². The van der Waals surface area contributed by atoms with Gasteiger partial charge in [-0.05, 0) is 55.0 Å². The molecule has 4 rings (SSSR count). The maximum Gasteiger partial charge on any atom is 0.245 e. The number of fused-ring (bicyclic) bond motifs is 1. The predicted octanol–water partition coefficient (Wildman–Crippen LogP) is 5.36. The van der Waals surface area contributed by atoms with Crippen LogP contribution in [0.25, 0.3) is 5.70 Å². The molecule has 5 heteroatoms. The van der Waals surface area contributed by atoms with Gasteiger partial charge < -0.3 is 4.42 Å². The third kappa shape index (κ3) is 3.82. The Labute approximate surface area is 164 Å². The third-order valence-corrected chi connectivity index (χ3v) is 5.40. The van der Waals surface area contributed by atoms with Gasteiger partial charge in [-0.2, -0.15) is 5.26 Å². The SMILES string of the molecule is CCC1C=CC=C(c2nc3c(o2)CCCC(c2cc(F)cc(C#N)c2)C3)N=C1. The van der Waals surface area contributed by atoms with Gasteiger partial charge in [-0.15, -0.1) is 0 Å². The fourth-order valence-corrected chi connectivity index (χ4v) is 3.82. The first-order chi connectivity index (χ1) is 13.7. The van der Waals surface area contributed by atoms with E-state index in [1.54, 1.807) is 6.07 Å². The lowest BCUT2D eigenvalue weighted by atomic mass is 9.90. The van der Waals surface area contributed by atoms with Gasteiger partial charge in [0.05, 0.1) is 17.3 Å². The molecule has 0 N–H and O–H groups in total. The van der Waals surface area contributed by atoms with Crippen molar-refractivity contribution in [3.8, 4) is 6.07 Å². The van der Waals surface area contributed by atoms with Gasteiger partial charge in [0, 0.05) is 25.0 Å². The molecular formula is C23H22FN3O. The van der Waals surface area contributed by atoms with Crippen molar-refractivity contribution in [3.63, 3.8) is 0 Å². The second-order valence-electron chi connectivity index (χ2n) is 7.35. The Morgan fingerprint density at radius 2 is 2.21 bits per heavy atom. The number of allylic oxidation sites excluding steroid dienone is 3. The zero-order chi connectivity index (χ0) is 19.5. The van der Waals surface area contributed by atoms with E-state index in [4.69, 9.17) is 14.7 Å². The summed E-state index contributed by atoms with van der Waals surface area (Å²) in [6, 6.07) is 6.63. The van der Waals surface area contributed by atoms with E-state index >= 15 is 0 Å². The van der Waals surface area contributed by atoms with Gasteiger partial charge in [-0.1, -0.05) is 19.1 Å². The lowest BCUT2D eigenvalue weighted by Crippen LogP contribution is -2.04. The number of aromatic nitrogens is 1. The highest BCUT2D eigenvalue weighted by atomic mass is 19.1. The number of benzene rings is 1. The molecule has 0 saturated heterocycles. The van der Waals surface area contributed by atoms with E-state index in [0.717, 1.165) is 48.4 Å². The summed E-state index contributed by atoms with van der Waals surface area (Å²) in [7, 11) is 0. The third-order valence-electron chi connectivity index (χ3n) is 5.40. The van der Waals surface area contributed by atoms with Crippen LogP contribution >= 0.6 is 0 Å². The minimum Gasteiger partial charge on any atom is -0.440 e. The minimum atomic E-state index is -0.366. The Hall–Kier alpha value is -3.00. The average Bonchev–Trinajstić information content (AvgIpc) is 2.87. The van der Waals surface area contributed by atoms with Crippen LogP contribution in [0.2, 0.25) is 0 Å². The van der Waals surface area contributed by atoms with Gasteiger partial charge in [-0.3, -0.25) is 4.99 Å². The van der Waals surface area contributed by atoms with Crippen LogP contribution in [-0.2, 0) is 12.8 Å². The van der Waals surface area contributed by atoms with E-state index in [9.17, 15) is 4.39 Å². The number of nitriles is 1. The molecule has 28 heavy (non-hydrogen) atoms. The zero-order valence-electron chi connectivity index (χ0n) is 15.9. The van der Waals surface area contributed by atoms with Crippen molar-refractivity contribution in [2.45, 2.75) is 44.9 Å². The lowest BCUT2D eigenvalue weighted by Gasteiger charge is -2.14. The van der Waals surface area contributed by atoms with Gasteiger partial charge >= 0.3 is 0 Å². The molecule has 0 saturated carbocycles. The highest BCUT2D eigenvalue weighted by molar-refractivity contribution is 5.75. The fourth-order valence-electron chi connectivity index (χ4n) is 3.82. The summed E-state index contributed by atoms with van der Waals surface area (Å²) in [5, 5.41) is 9.14. The molecule has 0 spiro atoms. The van der Waals surface area contributed by atoms with Crippen molar-refractivity contribution in [3.05, 3.63) is 70.7 Å². The number of aryl methyl sites for hydroxylation is 1. The van der Waals surface area contributed by atoms with Crippen LogP contribution in [0.4, 0.5) is 4.39 Å². The van der Waals surface area contributed by atoms with Crippen LogP contribution in [0.15, 0.2) is 45.8 Å². The van der Waals surface area contributed by atoms with Crippen LogP contribution in [0.1, 0.15) is 60.6 Å². The molecule has 142 valence electrons. The molecule has 2 heterocycles. The van der Waals surface area contributed by atoms with Crippen molar-refractivity contribution in [1.82, 2.24) is 4.98 Å². The Bertz CT molecular complexity index is 1010. The molecule has 2 atom stereocenters. The standard InChI is InChI=1S/C23H22FN3O/c1-2-15-5-3-7-20(26-14-15)23-27-21-12-17(6-4-8-22(21)28-23)18-9-16(13-25)10-19(24)11-18/h3,5,7,9-11,14-15,17H,2,4,6,8,12H2,1H3.